The average Bonchev–Trinajstić information content (AvgIpc) is 3.15. The molecule has 0 saturated carbocycles. The third-order valence-corrected chi connectivity index (χ3v) is 5.57. The molecule has 104 valence electrons. The number of hydrogen-bond acceptors (Lipinski definition) is 5. The van der Waals surface area contributed by atoms with Gasteiger partial charge in [0.1, 0.15) is 0 Å². The van der Waals surface area contributed by atoms with Crippen molar-refractivity contribution in [1.29, 1.82) is 0 Å². The van der Waals surface area contributed by atoms with Crippen LogP contribution >= 0.6 is 34.4 Å². The highest BCUT2D eigenvalue weighted by molar-refractivity contribution is 8.02. The fourth-order valence-corrected chi connectivity index (χ4v) is 3.82. The van der Waals surface area contributed by atoms with Gasteiger partial charge in [0.25, 0.3) is 0 Å². The molecule has 0 aliphatic carbocycles. The summed E-state index contributed by atoms with van der Waals surface area (Å²) in [6.07, 6.45) is 3.48. The maximum Gasteiger partial charge on any atom is 0.196 e. The second-order valence-electron chi connectivity index (χ2n) is 4.16. The summed E-state index contributed by atoms with van der Waals surface area (Å²) in [4.78, 5) is 26.7. The monoisotopic (exact) mass is 322 g/mol. The summed E-state index contributed by atoms with van der Waals surface area (Å²) in [6, 6.07) is 7.34. The fraction of sp³-hybridized carbons (Fsp3) is 0.200. The average molecular weight is 322 g/mol. The first-order valence-corrected chi connectivity index (χ1v) is 9.03. The number of ketones is 2. The van der Waals surface area contributed by atoms with Crippen LogP contribution in [0.5, 0.6) is 0 Å². The number of carbonyl (C=O) groups is 2. The molecule has 1 atom stereocenters. The fourth-order valence-electron chi connectivity index (χ4n) is 1.74. The maximum absolute atomic E-state index is 12.3. The Morgan fingerprint density at radius 2 is 1.75 bits per heavy atom. The SMILES string of the molecule is CS/C(=C\C(=O)c1cccs1)[C@@H](C)C(=O)c1cccs1. The zero-order chi connectivity index (χ0) is 14.5. The van der Waals surface area contributed by atoms with E-state index in [0.29, 0.717) is 4.88 Å². The van der Waals surface area contributed by atoms with E-state index < -0.39 is 0 Å². The normalized spacial score (nSPS) is 13.2. The van der Waals surface area contributed by atoms with Gasteiger partial charge in [-0.1, -0.05) is 19.1 Å². The van der Waals surface area contributed by atoms with Gasteiger partial charge < -0.3 is 0 Å². The van der Waals surface area contributed by atoms with Gasteiger partial charge in [-0.15, -0.1) is 34.4 Å². The van der Waals surface area contributed by atoms with Gasteiger partial charge in [0.15, 0.2) is 11.6 Å². The topological polar surface area (TPSA) is 34.1 Å². The number of carbonyl (C=O) groups excluding carboxylic acids is 2. The molecule has 0 fully saturated rings. The zero-order valence-corrected chi connectivity index (χ0v) is 13.6. The van der Waals surface area contributed by atoms with Crippen molar-refractivity contribution in [3.8, 4) is 0 Å². The van der Waals surface area contributed by atoms with Gasteiger partial charge in [-0.05, 0) is 40.1 Å². The van der Waals surface area contributed by atoms with Gasteiger partial charge in [-0.2, -0.15) is 0 Å². The molecule has 2 aromatic heterocycles. The summed E-state index contributed by atoms with van der Waals surface area (Å²) in [5.74, 6) is -0.248. The van der Waals surface area contributed by atoms with Gasteiger partial charge in [0.2, 0.25) is 0 Å². The lowest BCUT2D eigenvalue weighted by molar-refractivity contribution is 0.0955. The van der Waals surface area contributed by atoms with E-state index in [9.17, 15) is 9.59 Å². The molecular formula is C15H14O2S3. The van der Waals surface area contributed by atoms with Crippen LogP contribution in [0.2, 0.25) is 0 Å². The van der Waals surface area contributed by atoms with Crippen molar-refractivity contribution in [1.82, 2.24) is 0 Å². The minimum atomic E-state index is -0.285. The van der Waals surface area contributed by atoms with Crippen molar-refractivity contribution in [3.05, 3.63) is 55.8 Å². The van der Waals surface area contributed by atoms with E-state index in [1.54, 1.807) is 12.1 Å². The summed E-state index contributed by atoms with van der Waals surface area (Å²) < 4.78 is 0. The number of thioether (sulfide) groups is 1. The molecule has 20 heavy (non-hydrogen) atoms. The van der Waals surface area contributed by atoms with Crippen molar-refractivity contribution in [2.75, 3.05) is 6.26 Å². The van der Waals surface area contributed by atoms with Crippen LogP contribution in [0.15, 0.2) is 46.0 Å². The maximum atomic E-state index is 12.3. The highest BCUT2D eigenvalue weighted by Crippen LogP contribution is 2.27. The predicted octanol–water partition coefficient (Wildman–Crippen LogP) is 4.76. The summed E-state index contributed by atoms with van der Waals surface area (Å²) >= 11 is 4.31. The first-order valence-electron chi connectivity index (χ1n) is 6.04. The van der Waals surface area contributed by atoms with Gasteiger partial charge >= 0.3 is 0 Å². The zero-order valence-electron chi connectivity index (χ0n) is 11.2. The van der Waals surface area contributed by atoms with Crippen LogP contribution in [-0.2, 0) is 0 Å². The van der Waals surface area contributed by atoms with Crippen molar-refractivity contribution < 1.29 is 9.59 Å². The van der Waals surface area contributed by atoms with Gasteiger partial charge in [0.05, 0.1) is 15.7 Å². The lowest BCUT2D eigenvalue weighted by atomic mass is 10.0. The Morgan fingerprint density at radius 1 is 1.15 bits per heavy atom. The Morgan fingerprint density at radius 3 is 2.25 bits per heavy atom. The van der Waals surface area contributed by atoms with E-state index in [1.165, 1.54) is 34.4 Å². The van der Waals surface area contributed by atoms with Crippen LogP contribution in [0, 0.1) is 5.92 Å². The van der Waals surface area contributed by atoms with Gasteiger partial charge in [-0.25, -0.2) is 0 Å². The summed E-state index contributed by atoms with van der Waals surface area (Å²) in [5.41, 5.74) is 0. The third kappa shape index (κ3) is 3.48. The largest absolute Gasteiger partial charge is 0.293 e. The van der Waals surface area contributed by atoms with Crippen LogP contribution in [0.25, 0.3) is 0 Å². The smallest absolute Gasteiger partial charge is 0.196 e. The molecule has 0 aliphatic rings. The molecule has 0 bridgehead atoms. The van der Waals surface area contributed by atoms with E-state index in [4.69, 9.17) is 0 Å². The van der Waals surface area contributed by atoms with E-state index >= 15 is 0 Å². The number of Topliss-reactive ketones (excluding diaryl/α,β-unsaturated/α-hetero) is 1. The predicted molar refractivity (Wildman–Crippen MR) is 88.1 cm³/mol. The molecule has 0 radical (unpaired) electrons. The lowest BCUT2D eigenvalue weighted by Gasteiger charge is -2.11. The molecule has 2 nitrogen and oxygen atoms in total. The molecule has 2 rings (SSSR count). The molecule has 5 heteroatoms. The number of hydrogen-bond donors (Lipinski definition) is 0. The Labute approximate surface area is 130 Å². The standard InChI is InChI=1S/C15H14O2S3/c1-10(15(17)13-6-4-8-20-13)14(18-2)9-11(16)12-5-3-7-19-12/h3-10H,1-2H3/b14-9-/t10-/m1/s1. The van der Waals surface area contributed by atoms with Crippen LogP contribution in [-0.4, -0.2) is 17.8 Å². The Bertz CT molecular complexity index is 610. The van der Waals surface area contributed by atoms with Crippen molar-refractivity contribution in [2.45, 2.75) is 6.92 Å². The molecule has 0 spiro atoms. The number of rotatable bonds is 6. The van der Waals surface area contributed by atoms with Gasteiger partial charge in [0, 0.05) is 0 Å². The molecule has 0 unspecified atom stereocenters. The summed E-state index contributed by atoms with van der Waals surface area (Å²) in [7, 11) is 0. The first-order chi connectivity index (χ1) is 9.63. The lowest BCUT2D eigenvalue weighted by Crippen LogP contribution is -2.12. The molecule has 0 amide bonds. The molecular weight excluding hydrogens is 308 g/mol. The van der Waals surface area contributed by atoms with E-state index in [0.717, 1.165) is 9.78 Å². The van der Waals surface area contributed by atoms with E-state index in [-0.39, 0.29) is 17.5 Å². The Kier molecular flexibility index (Phi) is 5.34. The number of allylic oxidation sites excluding steroid dienone is 2. The minimum absolute atomic E-state index is 0.0322. The van der Waals surface area contributed by atoms with Crippen molar-refractivity contribution >= 4 is 46.0 Å². The molecule has 0 aliphatic heterocycles. The van der Waals surface area contributed by atoms with E-state index in [1.807, 2.05) is 42.1 Å². The molecule has 0 saturated heterocycles. The first kappa shape index (κ1) is 15.2. The second-order valence-corrected chi connectivity index (χ2v) is 6.93. The summed E-state index contributed by atoms with van der Waals surface area (Å²) in [6.45, 7) is 1.85. The molecule has 0 N–H and O–H groups in total. The van der Waals surface area contributed by atoms with Gasteiger partial charge in [-0.3, -0.25) is 9.59 Å². The summed E-state index contributed by atoms with van der Waals surface area (Å²) in [5, 5.41) is 3.76. The Hall–Kier alpha value is -1.17. The molecule has 2 heterocycles. The second kappa shape index (κ2) is 7.02. The van der Waals surface area contributed by atoms with Crippen LogP contribution in [0.4, 0.5) is 0 Å². The highest BCUT2D eigenvalue weighted by Gasteiger charge is 2.21. The highest BCUT2D eigenvalue weighted by atomic mass is 32.2. The van der Waals surface area contributed by atoms with Crippen LogP contribution < -0.4 is 0 Å². The number of thiophene rings is 2. The third-order valence-electron chi connectivity index (χ3n) is 2.86. The Balaban J connectivity index is 2.19. The molecule has 0 aromatic carbocycles. The molecule has 2 aromatic rings. The van der Waals surface area contributed by atoms with Crippen LogP contribution in [0.3, 0.4) is 0 Å². The minimum Gasteiger partial charge on any atom is -0.293 e. The van der Waals surface area contributed by atoms with E-state index in [2.05, 4.69) is 0 Å². The van der Waals surface area contributed by atoms with Crippen molar-refractivity contribution in [3.63, 3.8) is 0 Å². The van der Waals surface area contributed by atoms with Crippen LogP contribution in [0.1, 0.15) is 26.3 Å². The quantitative estimate of drug-likeness (QED) is 0.568. The van der Waals surface area contributed by atoms with Crippen molar-refractivity contribution in [2.24, 2.45) is 5.92 Å².